The van der Waals surface area contributed by atoms with E-state index in [9.17, 15) is 0 Å². The molecule has 0 bridgehead atoms. The summed E-state index contributed by atoms with van der Waals surface area (Å²) < 4.78 is 6.93. The lowest BCUT2D eigenvalue weighted by Gasteiger charge is -2.08. The fraction of sp³-hybridized carbons (Fsp3) is 0.636. The van der Waals surface area contributed by atoms with E-state index in [0.29, 0.717) is 30.7 Å². The van der Waals surface area contributed by atoms with E-state index >= 15 is 0 Å². The van der Waals surface area contributed by atoms with Crippen LogP contribution in [0.3, 0.4) is 0 Å². The van der Waals surface area contributed by atoms with Gasteiger partial charge in [-0.15, -0.1) is 0 Å². The van der Waals surface area contributed by atoms with Crippen LogP contribution in [0.4, 0.5) is 0 Å². The summed E-state index contributed by atoms with van der Waals surface area (Å²) in [7, 11) is 0. The maximum atomic E-state index is 5.01. The van der Waals surface area contributed by atoms with E-state index in [4.69, 9.17) is 4.52 Å². The summed E-state index contributed by atoms with van der Waals surface area (Å²) in [6, 6.07) is 0. The molecule has 7 heteroatoms. The van der Waals surface area contributed by atoms with Gasteiger partial charge in [-0.2, -0.15) is 10.1 Å². The van der Waals surface area contributed by atoms with Gasteiger partial charge >= 0.3 is 0 Å². The number of rotatable bonds is 6. The third kappa shape index (κ3) is 3.36. The first-order chi connectivity index (χ1) is 8.65. The average molecular weight is 250 g/mol. The van der Waals surface area contributed by atoms with E-state index in [2.05, 4.69) is 39.4 Å². The standard InChI is InChI=1S/C11H18N6O/c1-8(2)6-17-10(13-7-14-17)4-12-5-11-15-9(3)16-18-11/h7-8,12H,4-6H2,1-3H3. The molecule has 0 fully saturated rings. The molecule has 0 aliphatic rings. The zero-order valence-corrected chi connectivity index (χ0v) is 10.9. The third-order valence-corrected chi connectivity index (χ3v) is 2.36. The zero-order valence-electron chi connectivity index (χ0n) is 10.9. The van der Waals surface area contributed by atoms with Crippen LogP contribution in [-0.4, -0.2) is 24.9 Å². The molecule has 0 spiro atoms. The zero-order chi connectivity index (χ0) is 13.0. The molecular weight excluding hydrogens is 232 g/mol. The van der Waals surface area contributed by atoms with Crippen LogP contribution >= 0.6 is 0 Å². The monoisotopic (exact) mass is 250 g/mol. The first-order valence-corrected chi connectivity index (χ1v) is 6.01. The fourth-order valence-electron chi connectivity index (χ4n) is 1.62. The normalized spacial score (nSPS) is 11.3. The molecule has 0 unspecified atom stereocenters. The maximum Gasteiger partial charge on any atom is 0.240 e. The molecule has 98 valence electrons. The van der Waals surface area contributed by atoms with Crippen LogP contribution in [-0.2, 0) is 19.6 Å². The Morgan fingerprint density at radius 3 is 2.89 bits per heavy atom. The Kier molecular flexibility index (Phi) is 4.03. The number of aromatic nitrogens is 5. The summed E-state index contributed by atoms with van der Waals surface area (Å²) in [6.07, 6.45) is 1.58. The Bertz CT molecular complexity index is 489. The summed E-state index contributed by atoms with van der Waals surface area (Å²) in [5.74, 6) is 2.70. The van der Waals surface area contributed by atoms with E-state index in [1.165, 1.54) is 0 Å². The number of aryl methyl sites for hydroxylation is 1. The van der Waals surface area contributed by atoms with Gasteiger partial charge in [0.05, 0.1) is 13.1 Å². The Morgan fingerprint density at radius 1 is 1.39 bits per heavy atom. The highest BCUT2D eigenvalue weighted by atomic mass is 16.5. The largest absolute Gasteiger partial charge is 0.338 e. The topological polar surface area (TPSA) is 81.7 Å². The van der Waals surface area contributed by atoms with Crippen LogP contribution in [0.5, 0.6) is 0 Å². The molecule has 1 N–H and O–H groups in total. The second-order valence-electron chi connectivity index (χ2n) is 4.59. The molecule has 0 saturated carbocycles. The van der Waals surface area contributed by atoms with Crippen molar-refractivity contribution >= 4 is 0 Å². The van der Waals surface area contributed by atoms with Gasteiger partial charge in [-0.05, 0) is 12.8 Å². The molecule has 2 heterocycles. The molecule has 0 aliphatic heterocycles. The van der Waals surface area contributed by atoms with Gasteiger partial charge in [-0.3, -0.25) is 0 Å². The Labute approximate surface area is 106 Å². The van der Waals surface area contributed by atoms with E-state index in [-0.39, 0.29) is 0 Å². The van der Waals surface area contributed by atoms with Crippen LogP contribution < -0.4 is 5.32 Å². The van der Waals surface area contributed by atoms with Gasteiger partial charge < -0.3 is 9.84 Å². The smallest absolute Gasteiger partial charge is 0.240 e. The van der Waals surface area contributed by atoms with Crippen molar-refractivity contribution in [1.82, 2.24) is 30.2 Å². The Balaban J connectivity index is 1.84. The SMILES string of the molecule is Cc1noc(CNCc2ncnn2CC(C)C)n1. The van der Waals surface area contributed by atoms with Crippen molar-refractivity contribution in [3.63, 3.8) is 0 Å². The summed E-state index contributed by atoms with van der Waals surface area (Å²) in [6.45, 7) is 8.15. The minimum atomic E-state index is 0.537. The molecule has 0 amide bonds. The summed E-state index contributed by atoms with van der Waals surface area (Å²) >= 11 is 0. The predicted molar refractivity (Wildman–Crippen MR) is 64.4 cm³/mol. The first kappa shape index (κ1) is 12.7. The van der Waals surface area contributed by atoms with Gasteiger partial charge in [0.2, 0.25) is 5.89 Å². The van der Waals surface area contributed by atoms with E-state index < -0.39 is 0 Å². The van der Waals surface area contributed by atoms with Gasteiger partial charge in [0.25, 0.3) is 0 Å². The van der Waals surface area contributed by atoms with Gasteiger partial charge in [-0.1, -0.05) is 19.0 Å². The molecule has 18 heavy (non-hydrogen) atoms. The van der Waals surface area contributed by atoms with Crippen LogP contribution in [0.25, 0.3) is 0 Å². The number of hydrogen-bond donors (Lipinski definition) is 1. The fourth-order valence-corrected chi connectivity index (χ4v) is 1.62. The quantitative estimate of drug-likeness (QED) is 0.820. The Hall–Kier alpha value is -1.76. The Morgan fingerprint density at radius 2 is 2.22 bits per heavy atom. The van der Waals surface area contributed by atoms with E-state index in [1.807, 2.05) is 4.68 Å². The molecule has 7 nitrogen and oxygen atoms in total. The van der Waals surface area contributed by atoms with Crippen molar-refractivity contribution in [2.45, 2.75) is 40.4 Å². The molecule has 0 saturated heterocycles. The van der Waals surface area contributed by atoms with E-state index in [1.54, 1.807) is 13.3 Å². The van der Waals surface area contributed by atoms with Gasteiger partial charge in [0.1, 0.15) is 12.2 Å². The van der Waals surface area contributed by atoms with Crippen molar-refractivity contribution < 1.29 is 4.52 Å². The van der Waals surface area contributed by atoms with Crippen molar-refractivity contribution in [1.29, 1.82) is 0 Å². The highest BCUT2D eigenvalue weighted by molar-refractivity contribution is 4.86. The van der Waals surface area contributed by atoms with Crippen molar-refractivity contribution in [2.75, 3.05) is 0 Å². The van der Waals surface area contributed by atoms with Crippen molar-refractivity contribution in [2.24, 2.45) is 5.92 Å². The average Bonchev–Trinajstić information content (AvgIpc) is 2.88. The van der Waals surface area contributed by atoms with Crippen molar-refractivity contribution in [3.8, 4) is 0 Å². The minimum Gasteiger partial charge on any atom is -0.338 e. The third-order valence-electron chi connectivity index (χ3n) is 2.36. The predicted octanol–water partition coefficient (Wildman–Crippen LogP) is 0.915. The molecule has 2 aromatic heterocycles. The molecule has 0 aromatic carbocycles. The first-order valence-electron chi connectivity index (χ1n) is 6.01. The number of hydrogen-bond acceptors (Lipinski definition) is 6. The highest BCUT2D eigenvalue weighted by Crippen LogP contribution is 2.01. The van der Waals surface area contributed by atoms with Gasteiger partial charge in [0.15, 0.2) is 5.82 Å². The number of nitrogens with zero attached hydrogens (tertiary/aromatic N) is 5. The molecule has 0 radical (unpaired) electrons. The van der Waals surface area contributed by atoms with Crippen LogP contribution in [0, 0.1) is 12.8 Å². The molecule has 2 aromatic rings. The molecular formula is C11H18N6O. The highest BCUT2D eigenvalue weighted by Gasteiger charge is 2.07. The van der Waals surface area contributed by atoms with Gasteiger partial charge in [0, 0.05) is 6.54 Å². The van der Waals surface area contributed by atoms with Crippen LogP contribution in [0.15, 0.2) is 10.9 Å². The van der Waals surface area contributed by atoms with Crippen LogP contribution in [0.1, 0.15) is 31.4 Å². The van der Waals surface area contributed by atoms with Gasteiger partial charge in [-0.25, -0.2) is 9.67 Å². The van der Waals surface area contributed by atoms with Crippen molar-refractivity contribution in [3.05, 3.63) is 23.9 Å². The summed E-state index contributed by atoms with van der Waals surface area (Å²) in [4.78, 5) is 8.35. The lowest BCUT2D eigenvalue weighted by Crippen LogP contribution is -2.18. The molecule has 2 rings (SSSR count). The van der Waals surface area contributed by atoms with E-state index in [0.717, 1.165) is 12.4 Å². The maximum absolute atomic E-state index is 5.01. The second kappa shape index (κ2) is 5.72. The van der Waals surface area contributed by atoms with Crippen LogP contribution in [0.2, 0.25) is 0 Å². The molecule has 0 aliphatic carbocycles. The minimum absolute atomic E-state index is 0.537. The summed E-state index contributed by atoms with van der Waals surface area (Å²) in [5, 5.41) is 11.1. The lowest BCUT2D eigenvalue weighted by molar-refractivity contribution is 0.361. The molecule has 0 atom stereocenters. The lowest BCUT2D eigenvalue weighted by atomic mass is 10.2. The number of nitrogens with one attached hydrogen (secondary N) is 1. The second-order valence-corrected chi connectivity index (χ2v) is 4.59. The summed E-state index contributed by atoms with van der Waals surface area (Å²) in [5.41, 5.74) is 0.